The number of alkyl halides is 2. The lowest BCUT2D eigenvalue weighted by atomic mass is 9.98. The lowest BCUT2D eigenvalue weighted by Gasteiger charge is -2.30. The van der Waals surface area contributed by atoms with E-state index in [-0.39, 0.29) is 46.7 Å². The summed E-state index contributed by atoms with van der Waals surface area (Å²) in [4.78, 5) is 75.7. The van der Waals surface area contributed by atoms with Crippen LogP contribution < -0.4 is 16.0 Å². The predicted molar refractivity (Wildman–Crippen MR) is 223 cm³/mol. The van der Waals surface area contributed by atoms with Gasteiger partial charge < -0.3 is 40.2 Å². The number of anilines is 1. The second-order valence-corrected chi connectivity index (χ2v) is 16.4. The van der Waals surface area contributed by atoms with Gasteiger partial charge in [-0.15, -0.1) is 0 Å². The number of benzene rings is 3. The number of H-pyrrole nitrogens is 1. The van der Waals surface area contributed by atoms with Crippen LogP contribution in [0.25, 0.3) is 33.5 Å². The Balaban J connectivity index is 1.07. The van der Waals surface area contributed by atoms with Crippen LogP contribution in [0.4, 0.5) is 24.1 Å². The van der Waals surface area contributed by atoms with Crippen LogP contribution in [-0.2, 0) is 29.8 Å². The number of hydrogen-bond acceptors (Lipinski definition) is 8. The van der Waals surface area contributed by atoms with Crippen molar-refractivity contribution in [3.05, 3.63) is 83.8 Å². The number of alkyl carbamates (subject to hydrolysis) is 2. The zero-order valence-electron chi connectivity index (χ0n) is 35.0. The number of amides is 5. The van der Waals surface area contributed by atoms with Gasteiger partial charge in [-0.05, 0) is 84.0 Å². The number of ether oxygens (including phenoxy) is 2. The first kappa shape index (κ1) is 42.8. The number of methoxy groups -OCH3 is 2. The molecule has 2 fully saturated rings. The molecule has 1 aromatic heterocycles. The Morgan fingerprint density at radius 1 is 0.754 bits per heavy atom. The molecule has 2 aliphatic heterocycles. The predicted octanol–water partition coefficient (Wildman–Crippen LogP) is 7.22. The monoisotopic (exact) mass is 839 g/mol. The van der Waals surface area contributed by atoms with Crippen molar-refractivity contribution < 1.29 is 42.2 Å². The number of carbonyl (C=O) groups is 5. The summed E-state index contributed by atoms with van der Waals surface area (Å²) >= 11 is 0. The van der Waals surface area contributed by atoms with Crippen LogP contribution in [0.5, 0.6) is 0 Å². The molecule has 61 heavy (non-hydrogen) atoms. The van der Waals surface area contributed by atoms with Crippen molar-refractivity contribution >= 4 is 35.6 Å². The third-order valence-corrected chi connectivity index (χ3v) is 11.8. The molecule has 3 aliphatic rings. The molecule has 322 valence electrons. The first-order valence-electron chi connectivity index (χ1n) is 20.6. The normalized spacial score (nSPS) is 18.7. The van der Waals surface area contributed by atoms with E-state index in [0.717, 1.165) is 6.42 Å². The quantitative estimate of drug-likeness (QED) is 0.123. The second-order valence-electron chi connectivity index (χ2n) is 16.4. The molecular weight excluding hydrogens is 789 g/mol. The number of aromatic amines is 1. The first-order valence-corrected chi connectivity index (χ1v) is 20.6. The van der Waals surface area contributed by atoms with Crippen LogP contribution in [0.2, 0.25) is 0 Å². The molecule has 4 atom stereocenters. The maximum absolute atomic E-state index is 16.5. The van der Waals surface area contributed by atoms with E-state index in [0.29, 0.717) is 77.4 Å². The van der Waals surface area contributed by atoms with E-state index in [1.807, 2.05) is 13.8 Å². The van der Waals surface area contributed by atoms with Gasteiger partial charge in [0.25, 0.3) is 5.92 Å². The van der Waals surface area contributed by atoms with Gasteiger partial charge in [-0.1, -0.05) is 64.1 Å². The summed E-state index contributed by atoms with van der Waals surface area (Å²) in [6, 6.07) is 14.0. The van der Waals surface area contributed by atoms with Gasteiger partial charge in [0, 0.05) is 35.5 Å². The third kappa shape index (κ3) is 8.40. The average molecular weight is 840 g/mol. The maximum Gasteiger partial charge on any atom is 0.407 e. The van der Waals surface area contributed by atoms with Crippen molar-refractivity contribution in [1.82, 2.24) is 30.4 Å². The summed E-state index contributed by atoms with van der Waals surface area (Å²) in [5.74, 6) is -4.24. The van der Waals surface area contributed by atoms with Gasteiger partial charge in [0.2, 0.25) is 17.7 Å². The number of halogens is 2. The molecule has 0 radical (unpaired) electrons. The van der Waals surface area contributed by atoms with Crippen molar-refractivity contribution in [2.45, 2.75) is 83.5 Å². The molecule has 0 bridgehead atoms. The maximum atomic E-state index is 16.5. The lowest BCUT2D eigenvalue weighted by molar-refractivity contribution is -0.139. The molecule has 16 heteroatoms. The molecule has 7 rings (SSSR count). The molecule has 2 unspecified atom stereocenters. The topological polar surface area (TPSA) is 175 Å². The standard InChI is InChI=1S/C45H51F2N7O7/c1-24(2)37(51-43(58)60-5)41(56)53-18-8-12-35(53)39-48-23-34(50-39)28-15-17-31-30-16-14-27(21-32(30)45(46,47)33(31)22-28)26-10-7-11-29(20-26)49-40(55)36-13-9-19-54(36)42(57)38(25(3)4)52-44(59)61-6/h7,10-11,14-17,20-25,35-38H,8-9,12-13,18-19H2,1-6H3,(H,48,50)(H,49,55)(H,51,58)(H,52,59)/t35?,36-,37?,38-/m0/s1. The summed E-state index contributed by atoms with van der Waals surface area (Å²) in [7, 11) is 2.46. The molecule has 3 aromatic carbocycles. The van der Waals surface area contributed by atoms with Crippen LogP contribution in [-0.4, -0.2) is 95.1 Å². The minimum Gasteiger partial charge on any atom is -0.453 e. The number of aromatic nitrogens is 2. The van der Waals surface area contributed by atoms with Gasteiger partial charge in [0.05, 0.1) is 32.2 Å². The highest BCUT2D eigenvalue weighted by Gasteiger charge is 2.45. The Morgan fingerprint density at radius 3 is 1.93 bits per heavy atom. The van der Waals surface area contributed by atoms with Crippen LogP contribution >= 0.6 is 0 Å². The molecule has 1 aliphatic carbocycles. The van der Waals surface area contributed by atoms with Gasteiger partial charge >= 0.3 is 12.2 Å². The molecule has 3 heterocycles. The van der Waals surface area contributed by atoms with E-state index in [1.165, 1.54) is 31.3 Å². The van der Waals surface area contributed by atoms with Gasteiger partial charge in [-0.2, -0.15) is 8.78 Å². The van der Waals surface area contributed by atoms with Crippen LogP contribution in [0.3, 0.4) is 0 Å². The van der Waals surface area contributed by atoms with Gasteiger partial charge in [-0.25, -0.2) is 14.6 Å². The van der Waals surface area contributed by atoms with Gasteiger partial charge in [0.15, 0.2) is 0 Å². The number of likely N-dealkylation sites (tertiary alicyclic amines) is 2. The number of imidazole rings is 1. The van der Waals surface area contributed by atoms with E-state index < -0.39 is 36.2 Å². The minimum atomic E-state index is -3.33. The Morgan fingerprint density at radius 2 is 1.31 bits per heavy atom. The van der Waals surface area contributed by atoms with Crippen LogP contribution in [0, 0.1) is 11.8 Å². The molecule has 2 saturated heterocycles. The van der Waals surface area contributed by atoms with Crippen molar-refractivity contribution in [2.75, 3.05) is 32.6 Å². The first-order chi connectivity index (χ1) is 29.1. The molecule has 5 amide bonds. The SMILES string of the molecule is COC(=O)NC(C(=O)N1CCCC1c1ncc(-c2ccc3c(c2)C(F)(F)c2cc(-c4cccc(NC(=O)[C@@H]5CCCN5C(=O)[C@@H](NC(=O)OC)C(C)C)c4)ccc2-3)[nH]1)C(C)C. The van der Waals surface area contributed by atoms with Crippen molar-refractivity contribution in [3.8, 4) is 33.5 Å². The Kier molecular flexibility index (Phi) is 12.2. The van der Waals surface area contributed by atoms with E-state index in [9.17, 15) is 24.0 Å². The van der Waals surface area contributed by atoms with Crippen LogP contribution in [0.1, 0.15) is 76.4 Å². The molecule has 14 nitrogen and oxygen atoms in total. The summed E-state index contributed by atoms with van der Waals surface area (Å²) in [6.45, 7) is 8.12. The summed E-state index contributed by atoms with van der Waals surface area (Å²) in [5, 5.41) is 8.13. The smallest absolute Gasteiger partial charge is 0.407 e. The highest BCUT2D eigenvalue weighted by Crippen LogP contribution is 2.52. The fourth-order valence-electron chi connectivity index (χ4n) is 8.60. The van der Waals surface area contributed by atoms with Crippen molar-refractivity contribution in [3.63, 3.8) is 0 Å². The Hall–Kier alpha value is -6.32. The fourth-order valence-corrected chi connectivity index (χ4v) is 8.60. The van der Waals surface area contributed by atoms with Gasteiger partial charge in [0.1, 0.15) is 23.9 Å². The number of fused-ring (bicyclic) bond motifs is 3. The van der Waals surface area contributed by atoms with Crippen molar-refractivity contribution in [1.29, 1.82) is 0 Å². The second kappa shape index (κ2) is 17.3. The van der Waals surface area contributed by atoms with E-state index in [1.54, 1.807) is 73.5 Å². The summed E-state index contributed by atoms with van der Waals surface area (Å²) in [6.07, 6.45) is 2.60. The number of rotatable bonds is 11. The fraction of sp³-hybridized carbons (Fsp3) is 0.422. The van der Waals surface area contributed by atoms with Gasteiger partial charge in [-0.3, -0.25) is 14.4 Å². The molecule has 4 N–H and O–H groups in total. The molecular formula is C45H51F2N7O7. The van der Waals surface area contributed by atoms with Crippen molar-refractivity contribution in [2.24, 2.45) is 11.8 Å². The zero-order valence-corrected chi connectivity index (χ0v) is 35.0. The number of hydrogen-bond donors (Lipinski definition) is 4. The number of nitrogens with one attached hydrogen (secondary N) is 4. The molecule has 4 aromatic rings. The summed E-state index contributed by atoms with van der Waals surface area (Å²) in [5.41, 5.74) is 3.17. The zero-order chi connectivity index (χ0) is 43.7. The highest BCUT2D eigenvalue weighted by molar-refractivity contribution is 5.99. The molecule has 0 spiro atoms. The number of carbonyl (C=O) groups excluding carboxylic acids is 5. The van der Waals surface area contributed by atoms with E-state index in [4.69, 9.17) is 9.47 Å². The average Bonchev–Trinajstić information content (AvgIpc) is 4.07. The Bertz CT molecular complexity index is 2350. The largest absolute Gasteiger partial charge is 0.453 e. The van der Waals surface area contributed by atoms with E-state index in [2.05, 4.69) is 25.9 Å². The number of nitrogens with zero attached hydrogens (tertiary/aromatic N) is 3. The summed E-state index contributed by atoms with van der Waals surface area (Å²) < 4.78 is 42.4. The third-order valence-electron chi connectivity index (χ3n) is 11.8. The lowest BCUT2D eigenvalue weighted by Crippen LogP contribution is -2.54. The minimum absolute atomic E-state index is 0.141. The van der Waals surface area contributed by atoms with Crippen LogP contribution in [0.15, 0.2) is 66.9 Å². The van der Waals surface area contributed by atoms with E-state index >= 15 is 8.78 Å². The highest BCUT2D eigenvalue weighted by atomic mass is 19.3. The Labute approximate surface area is 352 Å². The molecule has 0 saturated carbocycles.